The molecule has 0 unspecified atom stereocenters. The summed E-state index contributed by atoms with van der Waals surface area (Å²) < 4.78 is 95.8. The first kappa shape index (κ1) is 26.5. The van der Waals surface area contributed by atoms with Gasteiger partial charge >= 0.3 is 11.8 Å². The summed E-state index contributed by atoms with van der Waals surface area (Å²) in [5, 5.41) is 0. The first-order chi connectivity index (χ1) is 15.0. The van der Waals surface area contributed by atoms with E-state index in [4.69, 9.17) is 0 Å². The zero-order chi connectivity index (χ0) is 23.6. The third kappa shape index (κ3) is 5.25. The van der Waals surface area contributed by atoms with E-state index in [1.54, 1.807) is 12.3 Å². The van der Waals surface area contributed by atoms with Crippen molar-refractivity contribution in [3.05, 3.63) is 84.6 Å². The van der Waals surface area contributed by atoms with Crippen LogP contribution in [0.5, 0.6) is 5.75 Å². The molecule has 2 aromatic heterocycles. The van der Waals surface area contributed by atoms with E-state index in [1.165, 1.54) is 25.3 Å². The fraction of sp³-hybridized carbons (Fsp3) is 0.182. The van der Waals surface area contributed by atoms with Gasteiger partial charge in [-0.3, -0.25) is 4.39 Å². The summed E-state index contributed by atoms with van der Waals surface area (Å²) in [6, 6.07) is 14.9. The number of rotatable bonds is 3. The molecule has 11 heteroatoms. The largest absolute Gasteiger partial charge is 0.498 e. The Hall–Kier alpha value is -2.78. The van der Waals surface area contributed by atoms with Gasteiger partial charge < -0.3 is 14.7 Å². The van der Waals surface area contributed by atoms with E-state index in [0.29, 0.717) is 0 Å². The summed E-state index contributed by atoms with van der Waals surface area (Å²) >= 11 is 0. The van der Waals surface area contributed by atoms with Gasteiger partial charge in [0.25, 0.3) is 5.92 Å². The summed E-state index contributed by atoms with van der Waals surface area (Å²) in [6.07, 6.45) is 3.52. The summed E-state index contributed by atoms with van der Waals surface area (Å²) in [5.74, 6) is -15.9. The van der Waals surface area contributed by atoms with Crippen LogP contribution in [0.4, 0.5) is 30.7 Å². The van der Waals surface area contributed by atoms with E-state index in [2.05, 4.69) is 20.8 Å². The maximum absolute atomic E-state index is 13.4. The molecule has 0 N–H and O–H groups in total. The number of halogens is 7. The van der Waals surface area contributed by atoms with Gasteiger partial charge in [0.1, 0.15) is 5.75 Å². The third-order valence-electron chi connectivity index (χ3n) is 4.32. The van der Waals surface area contributed by atoms with Crippen molar-refractivity contribution in [2.75, 3.05) is 7.11 Å². The van der Waals surface area contributed by atoms with Gasteiger partial charge in [-0.05, 0) is 17.8 Å². The van der Waals surface area contributed by atoms with E-state index < -0.39 is 29.0 Å². The molecule has 0 spiro atoms. The Morgan fingerprint density at radius 2 is 1.58 bits per heavy atom. The topological polar surface area (TPSA) is 35.0 Å². The van der Waals surface area contributed by atoms with Crippen LogP contribution < -0.4 is 4.74 Å². The minimum Gasteiger partial charge on any atom is -0.498 e. The maximum Gasteiger partial charge on any atom is 0.360 e. The van der Waals surface area contributed by atoms with Crippen molar-refractivity contribution in [2.45, 2.75) is 17.8 Å². The number of methoxy groups -OCH3 is 1. The zero-order valence-corrected chi connectivity index (χ0v) is 19.0. The zero-order valence-electron chi connectivity index (χ0n) is 16.6. The minimum absolute atomic E-state index is 0. The molecule has 0 aliphatic heterocycles. The number of benzene rings is 1. The second-order valence-electron chi connectivity index (χ2n) is 6.44. The molecule has 0 fully saturated rings. The summed E-state index contributed by atoms with van der Waals surface area (Å²) in [5.41, 5.74) is -0.757. The van der Waals surface area contributed by atoms with Crippen LogP contribution in [-0.4, -0.2) is 34.8 Å². The van der Waals surface area contributed by atoms with Gasteiger partial charge in [0, 0.05) is 38.3 Å². The van der Waals surface area contributed by atoms with Gasteiger partial charge in [-0.2, -0.15) is 23.6 Å². The van der Waals surface area contributed by atoms with Crippen molar-refractivity contribution in [3.8, 4) is 17.0 Å². The van der Waals surface area contributed by atoms with E-state index in [0.717, 1.165) is 29.6 Å². The quantitative estimate of drug-likeness (QED) is 0.264. The molecule has 0 saturated heterocycles. The standard InChI is InChI=1S/C11H6F6NO.C11H7FN.Ir/c1-19-6-2-3-18-8(4-6)7-5-9(12,13)11(16,17)10(7,14)15;12-10-6-4-9(5-7-10)11-3-1-2-8-13-11;/h2-4H,1H3;1-4,6-8H;/q2*-1;. The molecule has 33 heavy (non-hydrogen) atoms. The molecule has 4 rings (SSSR count). The van der Waals surface area contributed by atoms with Gasteiger partial charge in [0.05, 0.1) is 7.11 Å². The monoisotopic (exact) mass is 647 g/mol. The fourth-order valence-corrected chi connectivity index (χ4v) is 2.66. The molecule has 1 aliphatic carbocycles. The molecule has 0 saturated carbocycles. The van der Waals surface area contributed by atoms with E-state index >= 15 is 0 Å². The molecule has 1 aromatic carbocycles. The number of ether oxygens (including phenoxy) is 1. The van der Waals surface area contributed by atoms with Crippen LogP contribution in [0.25, 0.3) is 16.8 Å². The number of alkyl halides is 6. The molecule has 0 bridgehead atoms. The Morgan fingerprint density at radius 1 is 0.879 bits per heavy atom. The Balaban J connectivity index is 0.000000241. The van der Waals surface area contributed by atoms with Crippen molar-refractivity contribution < 1.29 is 55.6 Å². The SMILES string of the molecule is COc1ccnc(C2=[C-]C(F)(F)C(F)(F)C2(F)F)c1.Fc1c[c-]c(-c2ccccn2)cc1.[Ir]. The molecule has 0 atom stereocenters. The molecule has 3 nitrogen and oxygen atoms in total. The van der Waals surface area contributed by atoms with Crippen LogP contribution in [-0.2, 0) is 20.1 Å². The number of pyridine rings is 2. The number of allylic oxidation sites excluding steroid dienone is 2. The van der Waals surface area contributed by atoms with E-state index in [1.807, 2.05) is 18.2 Å². The summed E-state index contributed by atoms with van der Waals surface area (Å²) in [6.45, 7) is 0. The average molecular weight is 647 g/mol. The maximum atomic E-state index is 13.4. The Bertz CT molecular complexity index is 1110. The second kappa shape index (κ2) is 10.0. The normalized spacial score (nSPS) is 17.2. The molecule has 177 valence electrons. The average Bonchev–Trinajstić information content (AvgIpc) is 2.91. The van der Waals surface area contributed by atoms with Crippen LogP contribution in [0.2, 0.25) is 0 Å². The Morgan fingerprint density at radius 3 is 2.09 bits per heavy atom. The Kier molecular flexibility index (Phi) is 8.03. The Labute approximate surface area is 197 Å². The predicted molar refractivity (Wildman–Crippen MR) is 101 cm³/mol. The number of aromatic nitrogens is 2. The van der Waals surface area contributed by atoms with Crippen molar-refractivity contribution >= 4 is 5.57 Å². The van der Waals surface area contributed by atoms with Crippen molar-refractivity contribution in [3.63, 3.8) is 0 Å². The van der Waals surface area contributed by atoms with Gasteiger partial charge in [0.2, 0.25) is 0 Å². The summed E-state index contributed by atoms with van der Waals surface area (Å²) in [7, 11) is 1.20. The van der Waals surface area contributed by atoms with Crippen molar-refractivity contribution in [2.24, 2.45) is 0 Å². The van der Waals surface area contributed by atoms with Crippen molar-refractivity contribution in [1.82, 2.24) is 9.97 Å². The smallest absolute Gasteiger partial charge is 0.360 e. The number of nitrogens with zero attached hydrogens (tertiary/aromatic N) is 2. The van der Waals surface area contributed by atoms with Crippen LogP contribution in [0.3, 0.4) is 0 Å². The van der Waals surface area contributed by atoms with Crippen LogP contribution in [0.1, 0.15) is 5.69 Å². The molecule has 1 radical (unpaired) electrons. The second-order valence-corrected chi connectivity index (χ2v) is 6.44. The van der Waals surface area contributed by atoms with Gasteiger partial charge in [-0.15, -0.1) is 35.4 Å². The summed E-state index contributed by atoms with van der Waals surface area (Å²) in [4.78, 5) is 7.49. The molecular formula is C22H13F7IrN2O-2. The van der Waals surface area contributed by atoms with E-state index in [9.17, 15) is 30.7 Å². The van der Waals surface area contributed by atoms with Crippen LogP contribution in [0, 0.1) is 18.0 Å². The van der Waals surface area contributed by atoms with Crippen LogP contribution in [0.15, 0.2) is 60.9 Å². The molecule has 1 aliphatic rings. The first-order valence-corrected chi connectivity index (χ1v) is 8.87. The molecular weight excluding hydrogens is 633 g/mol. The van der Waals surface area contributed by atoms with Gasteiger partial charge in [0.15, 0.2) is 0 Å². The minimum atomic E-state index is -5.54. The fourth-order valence-electron chi connectivity index (χ4n) is 2.66. The third-order valence-corrected chi connectivity index (χ3v) is 4.32. The number of hydrogen-bond acceptors (Lipinski definition) is 3. The van der Waals surface area contributed by atoms with E-state index in [-0.39, 0.29) is 31.7 Å². The van der Waals surface area contributed by atoms with Gasteiger partial charge in [-0.1, -0.05) is 23.9 Å². The molecule has 0 amide bonds. The predicted octanol–water partition coefficient (Wildman–Crippen LogP) is 5.88. The molecule has 2 heterocycles. The van der Waals surface area contributed by atoms with Crippen LogP contribution >= 0.6 is 0 Å². The van der Waals surface area contributed by atoms with Crippen molar-refractivity contribution in [1.29, 1.82) is 0 Å². The number of hydrogen-bond donors (Lipinski definition) is 0. The molecule has 3 aromatic rings. The first-order valence-electron chi connectivity index (χ1n) is 8.87. The van der Waals surface area contributed by atoms with Gasteiger partial charge in [-0.25, -0.2) is 8.78 Å².